The van der Waals surface area contributed by atoms with Crippen LogP contribution in [-0.4, -0.2) is 34.1 Å². The molecule has 0 aromatic heterocycles. The Morgan fingerprint density at radius 1 is 0.446 bits per heavy atom. The highest BCUT2D eigenvalue weighted by molar-refractivity contribution is 6.36. The molecule has 0 aliphatic carbocycles. The lowest BCUT2D eigenvalue weighted by molar-refractivity contribution is 0.0434. The molecule has 6 nitrogen and oxygen atoms in total. The first-order valence-electron chi connectivity index (χ1n) is 19.8. The van der Waals surface area contributed by atoms with Crippen molar-refractivity contribution in [1.82, 2.24) is 4.90 Å². The third-order valence-corrected chi connectivity index (χ3v) is 13.4. The lowest BCUT2D eigenvalue weighted by Gasteiger charge is -2.35. The first-order valence-corrected chi connectivity index (χ1v) is 19.8. The maximum atomic E-state index is 14.4. The number of benzene rings is 7. The van der Waals surface area contributed by atoms with E-state index in [2.05, 4.69) is 57.2 Å². The Kier molecular flexibility index (Phi) is 8.07. The maximum absolute atomic E-state index is 14.4. The van der Waals surface area contributed by atoms with Crippen LogP contribution in [0.4, 0.5) is 5.69 Å². The number of rotatable bonds is 8. The van der Waals surface area contributed by atoms with E-state index >= 15 is 0 Å². The van der Waals surface area contributed by atoms with Crippen LogP contribution < -0.4 is 4.90 Å². The van der Waals surface area contributed by atoms with Gasteiger partial charge in [0.1, 0.15) is 0 Å². The molecule has 2 aliphatic heterocycles. The Morgan fingerprint density at radius 3 is 1.34 bits per heavy atom. The van der Waals surface area contributed by atoms with Gasteiger partial charge in [0.05, 0.1) is 27.9 Å². The number of carbonyl (C=O) groups is 4. The van der Waals surface area contributed by atoms with Gasteiger partial charge in [-0.3, -0.25) is 24.1 Å². The van der Waals surface area contributed by atoms with Gasteiger partial charge in [-0.15, -0.1) is 0 Å². The van der Waals surface area contributed by atoms with Crippen molar-refractivity contribution in [3.63, 3.8) is 0 Å². The number of amides is 4. The summed E-state index contributed by atoms with van der Waals surface area (Å²) in [6.07, 6.45) is 3.27. The molecule has 0 spiro atoms. The Bertz CT molecular complexity index is 2860. The third-order valence-electron chi connectivity index (χ3n) is 13.4. The summed E-state index contributed by atoms with van der Waals surface area (Å²) < 4.78 is 0. The molecule has 0 fully saturated rings. The molecular weight excluding hydrogens is 693 g/mol. The molecule has 9 rings (SSSR count). The summed E-state index contributed by atoms with van der Waals surface area (Å²) in [6, 6.07) is 35.9. The minimum atomic E-state index is -0.607. The molecule has 4 amide bonds. The predicted octanol–water partition coefficient (Wildman–Crippen LogP) is 12.0. The molecule has 2 heterocycles. The first kappa shape index (κ1) is 35.6. The molecule has 7 aromatic carbocycles. The van der Waals surface area contributed by atoms with Crippen molar-refractivity contribution in [3.05, 3.63) is 137 Å². The standard InChI is InChI=1S/C50H44N2O4/c1-7-49(5,8-2)33-19-21-34(22-20-33)51-45(53)39-25-31-23-29-15-11-13-17-35(29)43(37(31)27-41(39)46(51)54)44-36-18-14-12-16-30(36)24-32-26-40-42(28-38(32)44)48(56)52(47(40)55)50(6,9-3)10-4/h11-28H,7-10H2,1-6H3. The zero-order chi connectivity index (χ0) is 39.3. The molecule has 0 unspecified atom stereocenters. The van der Waals surface area contributed by atoms with E-state index in [1.165, 1.54) is 15.4 Å². The number of carbonyl (C=O) groups excluding carboxylic acids is 4. The highest BCUT2D eigenvalue weighted by Gasteiger charge is 2.45. The van der Waals surface area contributed by atoms with Crippen LogP contribution in [0.3, 0.4) is 0 Å². The summed E-state index contributed by atoms with van der Waals surface area (Å²) in [7, 11) is 0. The van der Waals surface area contributed by atoms with Gasteiger partial charge in [0.25, 0.3) is 23.6 Å². The van der Waals surface area contributed by atoms with E-state index in [0.29, 0.717) is 40.8 Å². The third kappa shape index (κ3) is 4.94. The van der Waals surface area contributed by atoms with E-state index in [4.69, 9.17) is 0 Å². The Hall–Kier alpha value is -6.14. The molecule has 0 radical (unpaired) electrons. The molecule has 7 aromatic rings. The minimum Gasteiger partial charge on any atom is -0.269 e. The van der Waals surface area contributed by atoms with Crippen LogP contribution in [0.25, 0.3) is 54.2 Å². The largest absolute Gasteiger partial charge is 0.269 e. The van der Waals surface area contributed by atoms with Crippen LogP contribution in [0.2, 0.25) is 0 Å². The first-order chi connectivity index (χ1) is 27.0. The summed E-state index contributed by atoms with van der Waals surface area (Å²) in [5, 5.41) is 7.28. The van der Waals surface area contributed by atoms with Crippen molar-refractivity contribution in [1.29, 1.82) is 0 Å². The lowest BCUT2D eigenvalue weighted by atomic mass is 9.78. The monoisotopic (exact) mass is 736 g/mol. The predicted molar refractivity (Wildman–Crippen MR) is 227 cm³/mol. The molecule has 278 valence electrons. The zero-order valence-corrected chi connectivity index (χ0v) is 32.7. The Balaban J connectivity index is 1.29. The summed E-state index contributed by atoms with van der Waals surface area (Å²) in [4.78, 5) is 59.5. The van der Waals surface area contributed by atoms with Crippen LogP contribution in [0, 0.1) is 0 Å². The lowest BCUT2D eigenvalue weighted by Crippen LogP contribution is -2.48. The van der Waals surface area contributed by atoms with Crippen molar-refractivity contribution in [3.8, 4) is 11.1 Å². The molecule has 0 bridgehead atoms. The molecular formula is C50H44N2O4. The quantitative estimate of drug-likeness (QED) is 0.115. The van der Waals surface area contributed by atoms with Gasteiger partial charge in [-0.2, -0.15) is 0 Å². The minimum absolute atomic E-state index is 0.0102. The fourth-order valence-electron chi connectivity index (χ4n) is 9.11. The fraction of sp³-hybridized carbons (Fsp3) is 0.240. The van der Waals surface area contributed by atoms with Crippen LogP contribution in [0.15, 0.2) is 109 Å². The van der Waals surface area contributed by atoms with Gasteiger partial charge in [-0.05, 0) is 146 Å². The summed E-state index contributed by atoms with van der Waals surface area (Å²) >= 11 is 0. The second-order valence-corrected chi connectivity index (χ2v) is 16.1. The van der Waals surface area contributed by atoms with Gasteiger partial charge < -0.3 is 0 Å². The topological polar surface area (TPSA) is 74.8 Å². The summed E-state index contributed by atoms with van der Waals surface area (Å²) in [5.41, 5.74) is 4.51. The zero-order valence-electron chi connectivity index (χ0n) is 32.7. The van der Waals surface area contributed by atoms with Gasteiger partial charge >= 0.3 is 0 Å². The number of fused-ring (bicyclic) bond motifs is 6. The highest BCUT2D eigenvalue weighted by Crippen LogP contribution is 2.47. The van der Waals surface area contributed by atoms with Crippen LogP contribution in [0.5, 0.6) is 0 Å². The second-order valence-electron chi connectivity index (χ2n) is 16.1. The number of anilines is 1. The van der Waals surface area contributed by atoms with Gasteiger partial charge in [0.2, 0.25) is 0 Å². The Labute approximate surface area is 326 Å². The molecule has 0 N–H and O–H groups in total. The number of hydrogen-bond donors (Lipinski definition) is 0. The number of hydrogen-bond acceptors (Lipinski definition) is 4. The van der Waals surface area contributed by atoms with Crippen molar-refractivity contribution in [2.45, 2.75) is 78.2 Å². The number of imide groups is 2. The maximum Gasteiger partial charge on any atom is 0.266 e. The average Bonchev–Trinajstić information content (AvgIpc) is 3.62. The van der Waals surface area contributed by atoms with Crippen LogP contribution >= 0.6 is 0 Å². The van der Waals surface area contributed by atoms with Crippen molar-refractivity contribution >= 4 is 72.4 Å². The summed E-state index contributed by atoms with van der Waals surface area (Å²) in [5.74, 6) is -1.23. The van der Waals surface area contributed by atoms with Gasteiger partial charge in [0.15, 0.2) is 0 Å². The molecule has 56 heavy (non-hydrogen) atoms. The molecule has 0 atom stereocenters. The van der Waals surface area contributed by atoms with Gasteiger partial charge in [-0.1, -0.05) is 95.3 Å². The summed E-state index contributed by atoms with van der Waals surface area (Å²) in [6.45, 7) is 12.6. The normalized spacial score (nSPS) is 14.6. The van der Waals surface area contributed by atoms with E-state index in [1.54, 1.807) is 0 Å². The van der Waals surface area contributed by atoms with E-state index in [-0.39, 0.29) is 29.0 Å². The smallest absolute Gasteiger partial charge is 0.266 e. The molecule has 6 heteroatoms. The van der Waals surface area contributed by atoms with E-state index in [9.17, 15) is 19.2 Å². The molecule has 0 saturated carbocycles. The van der Waals surface area contributed by atoms with Crippen molar-refractivity contribution < 1.29 is 19.2 Å². The van der Waals surface area contributed by atoms with E-state index < -0.39 is 5.54 Å². The molecule has 0 saturated heterocycles. The van der Waals surface area contributed by atoms with Crippen molar-refractivity contribution in [2.75, 3.05) is 4.90 Å². The van der Waals surface area contributed by atoms with Crippen molar-refractivity contribution in [2.24, 2.45) is 0 Å². The van der Waals surface area contributed by atoms with E-state index in [0.717, 1.165) is 67.1 Å². The van der Waals surface area contributed by atoms with Gasteiger partial charge in [0, 0.05) is 5.54 Å². The number of nitrogens with zero attached hydrogens (tertiary/aromatic N) is 2. The Morgan fingerprint density at radius 2 is 0.875 bits per heavy atom. The fourth-order valence-corrected chi connectivity index (χ4v) is 9.11. The van der Waals surface area contributed by atoms with Crippen LogP contribution in [0.1, 0.15) is 114 Å². The highest BCUT2D eigenvalue weighted by atomic mass is 16.2. The van der Waals surface area contributed by atoms with Crippen LogP contribution in [-0.2, 0) is 5.41 Å². The van der Waals surface area contributed by atoms with E-state index in [1.807, 2.05) is 93.6 Å². The average molecular weight is 737 g/mol. The SMILES string of the molecule is CCC(C)(CC)c1ccc(N2C(=O)c3cc4cc5ccccc5c(-c5c6ccccc6cc6cc7c(cc56)C(=O)N(C(C)(CC)CC)C7=O)c4cc3C2=O)cc1. The second kappa shape index (κ2) is 12.7. The molecule has 2 aliphatic rings. The van der Waals surface area contributed by atoms with Gasteiger partial charge in [-0.25, -0.2) is 4.90 Å².